The maximum Gasteiger partial charge on any atom is 0.292 e. The second-order valence-electron chi connectivity index (χ2n) is 2.86. The first-order valence-electron chi connectivity index (χ1n) is 4.08. The predicted molar refractivity (Wildman–Crippen MR) is 52.9 cm³/mol. The average molecular weight is 205 g/mol. The quantitative estimate of drug-likeness (QED) is 0.431. The molecule has 0 unspecified atom stereocenters. The molecule has 2 aromatic rings. The highest BCUT2D eigenvalue weighted by atomic mass is 16.6. The first-order chi connectivity index (χ1) is 7.18. The summed E-state index contributed by atoms with van der Waals surface area (Å²) in [5, 5.41) is 16.9. The highest BCUT2D eigenvalue weighted by molar-refractivity contribution is 5.68. The van der Waals surface area contributed by atoms with Crippen LogP contribution in [0.5, 0.6) is 0 Å². The molecule has 3 N–H and O–H groups in total. The van der Waals surface area contributed by atoms with Gasteiger partial charge in [-0.05, 0) is 12.1 Å². The zero-order valence-electron chi connectivity index (χ0n) is 7.54. The SMILES string of the molecule is Nc1ccc(-c2ncn[nH]2)cc1[N+](=O)[O-]. The van der Waals surface area contributed by atoms with Crippen molar-refractivity contribution in [2.45, 2.75) is 0 Å². The molecule has 76 valence electrons. The third-order valence-corrected chi connectivity index (χ3v) is 1.92. The first-order valence-corrected chi connectivity index (χ1v) is 4.08. The Morgan fingerprint density at radius 1 is 1.47 bits per heavy atom. The van der Waals surface area contributed by atoms with E-state index in [-0.39, 0.29) is 11.4 Å². The minimum absolute atomic E-state index is 0.128. The smallest absolute Gasteiger partial charge is 0.292 e. The fourth-order valence-electron chi connectivity index (χ4n) is 1.19. The standard InChI is InChI=1S/C8H7N5O2/c9-6-2-1-5(3-7(6)13(14)15)8-10-4-11-12-8/h1-4H,9H2,(H,10,11,12). The molecule has 2 rings (SSSR count). The molecule has 7 heteroatoms. The van der Waals surface area contributed by atoms with Crippen LogP contribution in [0.15, 0.2) is 24.5 Å². The molecule has 0 aliphatic rings. The maximum atomic E-state index is 10.6. The fraction of sp³-hybridized carbons (Fsp3) is 0. The molecule has 0 saturated carbocycles. The molecule has 0 aliphatic carbocycles. The van der Waals surface area contributed by atoms with Gasteiger partial charge in [0.25, 0.3) is 5.69 Å². The number of anilines is 1. The Bertz CT molecular complexity index is 494. The van der Waals surface area contributed by atoms with E-state index >= 15 is 0 Å². The molecular formula is C8H7N5O2. The van der Waals surface area contributed by atoms with Crippen molar-refractivity contribution in [3.8, 4) is 11.4 Å². The minimum Gasteiger partial charge on any atom is -0.393 e. The number of hydrogen-bond acceptors (Lipinski definition) is 5. The van der Waals surface area contributed by atoms with Gasteiger partial charge in [0, 0.05) is 11.6 Å². The molecule has 7 nitrogen and oxygen atoms in total. The van der Waals surface area contributed by atoms with Crippen LogP contribution in [0, 0.1) is 10.1 Å². The van der Waals surface area contributed by atoms with E-state index in [1.165, 1.54) is 18.5 Å². The molecule has 0 amide bonds. The van der Waals surface area contributed by atoms with Gasteiger partial charge in [0.05, 0.1) is 4.92 Å². The summed E-state index contributed by atoms with van der Waals surface area (Å²) in [7, 11) is 0. The molecule has 0 spiro atoms. The van der Waals surface area contributed by atoms with Crippen molar-refractivity contribution in [1.29, 1.82) is 0 Å². The summed E-state index contributed by atoms with van der Waals surface area (Å²) in [6.45, 7) is 0. The lowest BCUT2D eigenvalue weighted by atomic mass is 10.1. The van der Waals surface area contributed by atoms with Gasteiger partial charge < -0.3 is 5.73 Å². The number of hydrogen-bond donors (Lipinski definition) is 2. The van der Waals surface area contributed by atoms with Gasteiger partial charge in [0.15, 0.2) is 5.82 Å². The van der Waals surface area contributed by atoms with Crippen molar-refractivity contribution in [2.24, 2.45) is 0 Å². The van der Waals surface area contributed by atoms with Gasteiger partial charge in [-0.2, -0.15) is 5.10 Å². The number of aromatic nitrogens is 3. The predicted octanol–water partition coefficient (Wildman–Crippen LogP) is 0.962. The highest BCUT2D eigenvalue weighted by Gasteiger charge is 2.13. The lowest BCUT2D eigenvalue weighted by molar-refractivity contribution is -0.383. The summed E-state index contributed by atoms with van der Waals surface area (Å²) in [5.41, 5.74) is 6.03. The molecule has 0 aliphatic heterocycles. The van der Waals surface area contributed by atoms with E-state index in [2.05, 4.69) is 15.2 Å². The summed E-state index contributed by atoms with van der Waals surface area (Å²) >= 11 is 0. The molecular weight excluding hydrogens is 198 g/mol. The van der Waals surface area contributed by atoms with Crippen LogP contribution in [-0.4, -0.2) is 20.1 Å². The second kappa shape index (κ2) is 3.37. The third kappa shape index (κ3) is 1.62. The van der Waals surface area contributed by atoms with E-state index in [1.54, 1.807) is 6.07 Å². The molecule has 0 atom stereocenters. The summed E-state index contributed by atoms with van der Waals surface area (Å²) in [5.74, 6) is 0.470. The lowest BCUT2D eigenvalue weighted by Gasteiger charge is -1.99. The van der Waals surface area contributed by atoms with Gasteiger partial charge in [0.1, 0.15) is 12.0 Å². The molecule has 0 fully saturated rings. The van der Waals surface area contributed by atoms with Crippen LogP contribution in [0.2, 0.25) is 0 Å². The lowest BCUT2D eigenvalue weighted by Crippen LogP contribution is -1.96. The van der Waals surface area contributed by atoms with Gasteiger partial charge in [-0.15, -0.1) is 0 Å². The molecule has 0 bridgehead atoms. The number of nitrogens with zero attached hydrogens (tertiary/aromatic N) is 3. The molecule has 1 heterocycles. The minimum atomic E-state index is -0.533. The van der Waals surface area contributed by atoms with Crippen molar-refractivity contribution >= 4 is 11.4 Å². The van der Waals surface area contributed by atoms with Crippen LogP contribution in [0.1, 0.15) is 0 Å². The monoisotopic (exact) mass is 205 g/mol. The number of aromatic amines is 1. The second-order valence-corrected chi connectivity index (χ2v) is 2.86. The van der Waals surface area contributed by atoms with E-state index in [0.29, 0.717) is 11.4 Å². The van der Waals surface area contributed by atoms with Crippen molar-refractivity contribution in [3.05, 3.63) is 34.6 Å². The van der Waals surface area contributed by atoms with E-state index in [1.807, 2.05) is 0 Å². The van der Waals surface area contributed by atoms with Crippen LogP contribution in [0.25, 0.3) is 11.4 Å². The molecule has 15 heavy (non-hydrogen) atoms. The maximum absolute atomic E-state index is 10.6. The fourth-order valence-corrected chi connectivity index (χ4v) is 1.19. The Balaban J connectivity index is 2.52. The average Bonchev–Trinajstić information content (AvgIpc) is 2.71. The number of benzene rings is 1. The van der Waals surface area contributed by atoms with Crippen LogP contribution in [0.3, 0.4) is 0 Å². The van der Waals surface area contributed by atoms with Crippen LogP contribution >= 0.6 is 0 Å². The Morgan fingerprint density at radius 3 is 2.87 bits per heavy atom. The normalized spacial score (nSPS) is 10.1. The molecule has 0 saturated heterocycles. The zero-order chi connectivity index (χ0) is 10.8. The Labute approximate surface area is 84.1 Å². The number of nitro groups is 1. The summed E-state index contributed by atoms with van der Waals surface area (Å²) in [6.07, 6.45) is 1.33. The molecule has 1 aromatic carbocycles. The molecule has 1 aromatic heterocycles. The summed E-state index contributed by atoms with van der Waals surface area (Å²) in [4.78, 5) is 14.0. The van der Waals surface area contributed by atoms with Crippen molar-refractivity contribution in [3.63, 3.8) is 0 Å². The Kier molecular flexibility index (Phi) is 2.05. The number of nitro benzene ring substituents is 1. The highest BCUT2D eigenvalue weighted by Crippen LogP contribution is 2.26. The third-order valence-electron chi connectivity index (χ3n) is 1.92. The van der Waals surface area contributed by atoms with Gasteiger partial charge in [0.2, 0.25) is 0 Å². The van der Waals surface area contributed by atoms with Crippen LogP contribution < -0.4 is 5.73 Å². The number of H-pyrrole nitrogens is 1. The first kappa shape index (κ1) is 9.13. The Morgan fingerprint density at radius 2 is 2.27 bits per heavy atom. The van der Waals surface area contributed by atoms with E-state index in [0.717, 1.165) is 0 Å². The topological polar surface area (TPSA) is 111 Å². The van der Waals surface area contributed by atoms with Crippen molar-refractivity contribution < 1.29 is 4.92 Å². The van der Waals surface area contributed by atoms with Gasteiger partial charge in [-0.1, -0.05) is 0 Å². The van der Waals surface area contributed by atoms with Gasteiger partial charge >= 0.3 is 0 Å². The van der Waals surface area contributed by atoms with Crippen LogP contribution in [0.4, 0.5) is 11.4 Å². The van der Waals surface area contributed by atoms with Gasteiger partial charge in [-0.25, -0.2) is 4.98 Å². The van der Waals surface area contributed by atoms with Crippen molar-refractivity contribution in [2.75, 3.05) is 5.73 Å². The number of rotatable bonds is 2. The number of nitrogen functional groups attached to an aromatic ring is 1. The summed E-state index contributed by atoms with van der Waals surface area (Å²) in [6, 6.07) is 4.47. The van der Waals surface area contributed by atoms with Crippen molar-refractivity contribution in [1.82, 2.24) is 15.2 Å². The van der Waals surface area contributed by atoms with E-state index in [9.17, 15) is 10.1 Å². The van der Waals surface area contributed by atoms with E-state index < -0.39 is 4.92 Å². The Hall–Kier alpha value is -2.44. The van der Waals surface area contributed by atoms with E-state index in [4.69, 9.17) is 5.73 Å². The summed E-state index contributed by atoms with van der Waals surface area (Å²) < 4.78 is 0. The van der Waals surface area contributed by atoms with Crippen LogP contribution in [-0.2, 0) is 0 Å². The zero-order valence-corrected chi connectivity index (χ0v) is 7.54. The largest absolute Gasteiger partial charge is 0.393 e. The van der Waals surface area contributed by atoms with Gasteiger partial charge in [-0.3, -0.25) is 15.2 Å². The number of nitrogens with one attached hydrogen (secondary N) is 1. The molecule has 0 radical (unpaired) electrons. The number of nitrogens with two attached hydrogens (primary N) is 1.